The Kier molecular flexibility index (Phi) is 5.39. The lowest BCUT2D eigenvalue weighted by Crippen LogP contribution is -2.48. The number of hydrogen-bond acceptors (Lipinski definition) is 3. The normalized spacial score (nSPS) is 31.0. The minimum absolute atomic E-state index is 0.0246. The molecule has 1 amide bonds. The molecule has 0 spiro atoms. The summed E-state index contributed by atoms with van der Waals surface area (Å²) in [6.45, 7) is 0.0209. The highest BCUT2D eigenvalue weighted by atomic mass is 35.5. The van der Waals surface area contributed by atoms with Gasteiger partial charge in [0.15, 0.2) is 0 Å². The second kappa shape index (κ2) is 7.63. The van der Waals surface area contributed by atoms with Crippen LogP contribution in [0.4, 0.5) is 0 Å². The van der Waals surface area contributed by atoms with Gasteiger partial charge in [0, 0.05) is 6.42 Å². The average molecular weight is 410 g/mol. The van der Waals surface area contributed by atoms with Crippen LogP contribution in [0.15, 0.2) is 18.2 Å². The van der Waals surface area contributed by atoms with Gasteiger partial charge in [-0.15, -0.1) is 0 Å². The van der Waals surface area contributed by atoms with Gasteiger partial charge in [-0.3, -0.25) is 9.59 Å². The van der Waals surface area contributed by atoms with Crippen molar-refractivity contribution in [3.8, 4) is 0 Å². The molecule has 4 aliphatic carbocycles. The Labute approximate surface area is 169 Å². The Hall–Kier alpha value is -1.26. The lowest BCUT2D eigenvalue weighted by atomic mass is 9.49. The van der Waals surface area contributed by atoms with E-state index in [1.807, 2.05) is 0 Å². The van der Waals surface area contributed by atoms with Crippen molar-refractivity contribution in [1.29, 1.82) is 0 Å². The summed E-state index contributed by atoms with van der Waals surface area (Å²) in [5.41, 5.74) is 0.945. The molecule has 0 aliphatic heterocycles. The molecule has 0 atom stereocenters. The predicted molar refractivity (Wildman–Crippen MR) is 104 cm³/mol. The van der Waals surface area contributed by atoms with E-state index in [1.165, 1.54) is 38.5 Å². The topological polar surface area (TPSA) is 55.4 Å². The van der Waals surface area contributed by atoms with E-state index >= 15 is 0 Å². The van der Waals surface area contributed by atoms with Crippen LogP contribution in [0.2, 0.25) is 10.0 Å². The van der Waals surface area contributed by atoms with Crippen molar-refractivity contribution in [2.75, 3.05) is 6.54 Å². The van der Waals surface area contributed by atoms with Crippen LogP contribution in [-0.4, -0.2) is 18.4 Å². The maximum Gasteiger partial charge on any atom is 0.325 e. The van der Waals surface area contributed by atoms with E-state index in [2.05, 4.69) is 5.32 Å². The number of ether oxygens (including phenoxy) is 1. The molecule has 0 heterocycles. The van der Waals surface area contributed by atoms with E-state index in [9.17, 15) is 9.59 Å². The molecular weight excluding hydrogens is 385 g/mol. The maximum atomic E-state index is 12.4. The zero-order valence-electron chi connectivity index (χ0n) is 15.3. The third-order valence-electron chi connectivity index (χ3n) is 6.51. The smallest absolute Gasteiger partial charge is 0.325 e. The van der Waals surface area contributed by atoms with Gasteiger partial charge in [0.05, 0.1) is 10.0 Å². The molecule has 4 nitrogen and oxygen atoms in total. The van der Waals surface area contributed by atoms with Crippen LogP contribution in [-0.2, 0) is 20.9 Å². The van der Waals surface area contributed by atoms with Crippen LogP contribution in [0.25, 0.3) is 0 Å². The molecule has 4 fully saturated rings. The molecule has 0 radical (unpaired) electrons. The maximum absolute atomic E-state index is 12.4. The van der Waals surface area contributed by atoms with Crippen molar-refractivity contribution in [3.63, 3.8) is 0 Å². The third kappa shape index (κ3) is 4.43. The Bertz CT molecular complexity index is 714. The molecule has 1 aromatic rings. The van der Waals surface area contributed by atoms with Gasteiger partial charge in [-0.05, 0) is 79.4 Å². The molecule has 5 rings (SSSR count). The minimum Gasteiger partial charge on any atom is -0.460 e. The van der Waals surface area contributed by atoms with Crippen LogP contribution in [0.5, 0.6) is 0 Å². The quantitative estimate of drug-likeness (QED) is 0.688. The molecule has 27 heavy (non-hydrogen) atoms. The molecular formula is C21H25Cl2NO3. The first-order chi connectivity index (χ1) is 12.9. The number of nitrogens with one attached hydrogen (secondary N) is 1. The Morgan fingerprint density at radius 1 is 1.04 bits per heavy atom. The average Bonchev–Trinajstić information content (AvgIpc) is 2.59. The van der Waals surface area contributed by atoms with Gasteiger partial charge in [0.1, 0.15) is 13.2 Å². The van der Waals surface area contributed by atoms with E-state index in [0.717, 1.165) is 23.3 Å². The molecule has 4 saturated carbocycles. The summed E-state index contributed by atoms with van der Waals surface area (Å²) in [7, 11) is 0. The fraction of sp³-hybridized carbons (Fsp3) is 0.619. The van der Waals surface area contributed by atoms with Crippen molar-refractivity contribution >= 4 is 35.1 Å². The molecule has 0 unspecified atom stereocenters. The first-order valence-electron chi connectivity index (χ1n) is 9.77. The fourth-order valence-corrected chi connectivity index (χ4v) is 6.25. The molecule has 0 aromatic heterocycles. The second-order valence-electron chi connectivity index (χ2n) is 8.78. The summed E-state index contributed by atoms with van der Waals surface area (Å²) in [5, 5.41) is 3.64. The summed E-state index contributed by atoms with van der Waals surface area (Å²) < 4.78 is 5.21. The highest BCUT2D eigenvalue weighted by Gasteiger charge is 2.51. The minimum atomic E-state index is -0.445. The van der Waals surface area contributed by atoms with Crippen molar-refractivity contribution in [2.24, 2.45) is 23.2 Å². The van der Waals surface area contributed by atoms with Gasteiger partial charge in [-0.2, -0.15) is 0 Å². The summed E-state index contributed by atoms with van der Waals surface area (Å²) in [6.07, 6.45) is 8.21. The predicted octanol–water partition coefficient (Wildman–Crippen LogP) is 4.76. The summed E-state index contributed by atoms with van der Waals surface area (Å²) >= 11 is 11.8. The Morgan fingerprint density at radius 2 is 1.67 bits per heavy atom. The van der Waals surface area contributed by atoms with E-state index in [4.69, 9.17) is 27.9 Å². The molecule has 1 aromatic carbocycles. The standard InChI is InChI=1S/C21H25Cl2NO3/c22-17-2-1-13(6-18(17)23)12-27-20(26)11-24-19(25)10-21-7-14-3-15(8-21)5-16(4-14)9-21/h1-2,6,14-16H,3-5,7-12H2,(H,24,25). The zero-order valence-corrected chi connectivity index (χ0v) is 16.8. The van der Waals surface area contributed by atoms with Crippen molar-refractivity contribution in [3.05, 3.63) is 33.8 Å². The van der Waals surface area contributed by atoms with Gasteiger partial charge in [0.25, 0.3) is 0 Å². The molecule has 4 aliphatic rings. The summed E-state index contributed by atoms with van der Waals surface area (Å²) in [4.78, 5) is 24.4. The molecule has 1 N–H and O–H groups in total. The van der Waals surface area contributed by atoms with E-state index in [0.29, 0.717) is 16.5 Å². The fourth-order valence-electron chi connectivity index (χ4n) is 5.92. The molecule has 0 saturated heterocycles. The zero-order chi connectivity index (χ0) is 19.0. The van der Waals surface area contributed by atoms with E-state index in [1.54, 1.807) is 18.2 Å². The van der Waals surface area contributed by atoms with Gasteiger partial charge in [0.2, 0.25) is 5.91 Å². The Balaban J connectivity index is 1.22. The number of rotatable bonds is 6. The number of halogens is 2. The van der Waals surface area contributed by atoms with Crippen LogP contribution in [0.3, 0.4) is 0 Å². The SMILES string of the molecule is O=C(CC12CC3CC(CC(C3)C1)C2)NCC(=O)OCc1ccc(Cl)c(Cl)c1. The second-order valence-corrected chi connectivity index (χ2v) is 9.59. The number of esters is 1. The highest BCUT2D eigenvalue weighted by molar-refractivity contribution is 6.42. The molecule has 6 heteroatoms. The van der Waals surface area contributed by atoms with Gasteiger partial charge in [-0.25, -0.2) is 0 Å². The number of benzene rings is 1. The van der Waals surface area contributed by atoms with Crippen LogP contribution in [0.1, 0.15) is 50.5 Å². The number of amides is 1. The first kappa shape index (κ1) is 19.1. The lowest BCUT2D eigenvalue weighted by molar-refractivity contribution is -0.146. The van der Waals surface area contributed by atoms with Gasteiger partial charge >= 0.3 is 5.97 Å². The first-order valence-corrected chi connectivity index (χ1v) is 10.5. The van der Waals surface area contributed by atoms with Crippen molar-refractivity contribution in [2.45, 2.75) is 51.6 Å². The molecule has 4 bridgehead atoms. The number of carbonyl (C=O) groups is 2. The number of carbonyl (C=O) groups excluding carboxylic acids is 2. The van der Waals surface area contributed by atoms with E-state index < -0.39 is 5.97 Å². The van der Waals surface area contributed by atoms with Crippen LogP contribution in [0, 0.1) is 23.2 Å². The molecule has 146 valence electrons. The lowest BCUT2D eigenvalue weighted by Gasteiger charge is -2.56. The van der Waals surface area contributed by atoms with E-state index in [-0.39, 0.29) is 24.5 Å². The monoisotopic (exact) mass is 409 g/mol. The third-order valence-corrected chi connectivity index (χ3v) is 7.25. The van der Waals surface area contributed by atoms with Crippen LogP contribution >= 0.6 is 23.2 Å². The summed E-state index contributed by atoms with van der Waals surface area (Å²) in [5.74, 6) is 1.99. The highest BCUT2D eigenvalue weighted by Crippen LogP contribution is 2.61. The van der Waals surface area contributed by atoms with Gasteiger partial charge in [-0.1, -0.05) is 29.3 Å². The Morgan fingerprint density at radius 3 is 2.26 bits per heavy atom. The summed E-state index contributed by atoms with van der Waals surface area (Å²) in [6, 6.07) is 5.09. The van der Waals surface area contributed by atoms with Crippen molar-refractivity contribution < 1.29 is 14.3 Å². The largest absolute Gasteiger partial charge is 0.460 e. The van der Waals surface area contributed by atoms with Crippen LogP contribution < -0.4 is 5.32 Å². The van der Waals surface area contributed by atoms with Gasteiger partial charge < -0.3 is 10.1 Å². The van der Waals surface area contributed by atoms with Crippen molar-refractivity contribution in [1.82, 2.24) is 5.32 Å². The number of hydrogen-bond donors (Lipinski definition) is 1.